The number of benzene rings is 2. The van der Waals surface area contributed by atoms with E-state index in [1.807, 2.05) is 12.1 Å². The van der Waals surface area contributed by atoms with Gasteiger partial charge in [0.2, 0.25) is 5.91 Å². The molecular formula is C29H28F4N4O. The lowest BCUT2D eigenvalue weighted by Crippen LogP contribution is -2.20. The number of carbonyl (C=O) groups excluding carboxylic acids is 1. The van der Waals surface area contributed by atoms with E-state index in [0.717, 1.165) is 30.9 Å². The van der Waals surface area contributed by atoms with Gasteiger partial charge in [-0.25, -0.2) is 27.5 Å². The molecule has 3 aromatic rings. The van der Waals surface area contributed by atoms with Crippen molar-refractivity contribution in [3.63, 3.8) is 0 Å². The summed E-state index contributed by atoms with van der Waals surface area (Å²) >= 11 is 0. The standard InChI is InChI=1S/C29H28F4N4O/c1-2-6-20-21(26(31)28(33)27(32)25(20)30)15-24(38)37-29-22(14-9-17-7-4-3-5-8-17)36-23(16-35-29)18-10-12-19(34)13-11-18/h6,10-13,16-17H,1,3-5,7-9,14-15,34H2,(H,35,37,38). The van der Waals surface area contributed by atoms with E-state index in [9.17, 15) is 22.4 Å². The largest absolute Gasteiger partial charge is 0.399 e. The fraction of sp³-hybridized carbons (Fsp3) is 0.310. The number of amides is 1. The Morgan fingerprint density at radius 3 is 2.42 bits per heavy atom. The molecule has 1 aromatic heterocycles. The van der Waals surface area contributed by atoms with Crippen molar-refractivity contribution >= 4 is 23.5 Å². The number of halogens is 4. The maximum absolute atomic E-state index is 14.5. The van der Waals surface area contributed by atoms with Crippen LogP contribution in [0.25, 0.3) is 17.3 Å². The third-order valence-electron chi connectivity index (χ3n) is 6.81. The molecule has 0 saturated heterocycles. The van der Waals surface area contributed by atoms with Crippen LogP contribution in [0.2, 0.25) is 0 Å². The first-order valence-electron chi connectivity index (χ1n) is 12.5. The Hall–Kier alpha value is -3.97. The Morgan fingerprint density at radius 2 is 1.74 bits per heavy atom. The summed E-state index contributed by atoms with van der Waals surface area (Å²) in [6.07, 6.45) is 8.86. The van der Waals surface area contributed by atoms with Crippen LogP contribution in [-0.2, 0) is 17.6 Å². The molecule has 0 unspecified atom stereocenters. The second kappa shape index (κ2) is 12.0. The van der Waals surface area contributed by atoms with E-state index < -0.39 is 46.7 Å². The fourth-order valence-corrected chi connectivity index (χ4v) is 4.77. The minimum atomic E-state index is -1.99. The van der Waals surface area contributed by atoms with Gasteiger partial charge in [-0.1, -0.05) is 50.8 Å². The van der Waals surface area contributed by atoms with Crippen LogP contribution in [0.3, 0.4) is 0 Å². The molecule has 0 radical (unpaired) electrons. The van der Waals surface area contributed by atoms with E-state index in [0.29, 0.717) is 29.4 Å². The van der Waals surface area contributed by atoms with E-state index in [2.05, 4.69) is 22.6 Å². The zero-order chi connectivity index (χ0) is 27.2. The third kappa shape index (κ3) is 6.11. The quantitative estimate of drug-likeness (QED) is 0.112. The van der Waals surface area contributed by atoms with Crippen molar-refractivity contribution in [2.24, 2.45) is 5.92 Å². The SMILES string of the molecule is C=C=Cc1c(F)c(F)c(F)c(F)c1CC(=O)Nc1ncc(-c2ccc(N)cc2)nc1CCC1CCCCC1. The average Bonchev–Trinajstić information content (AvgIpc) is 2.93. The van der Waals surface area contributed by atoms with Gasteiger partial charge in [-0.05, 0) is 37.0 Å². The zero-order valence-corrected chi connectivity index (χ0v) is 20.8. The number of nitrogens with two attached hydrogens (primary N) is 1. The first-order chi connectivity index (χ1) is 18.3. The van der Waals surface area contributed by atoms with Crippen LogP contribution in [0.1, 0.15) is 55.3 Å². The first-order valence-corrected chi connectivity index (χ1v) is 12.5. The van der Waals surface area contributed by atoms with Crippen LogP contribution >= 0.6 is 0 Å². The number of aryl methyl sites for hydroxylation is 1. The van der Waals surface area contributed by atoms with Crippen molar-refractivity contribution in [1.82, 2.24) is 9.97 Å². The highest BCUT2D eigenvalue weighted by Crippen LogP contribution is 2.30. The van der Waals surface area contributed by atoms with E-state index >= 15 is 0 Å². The molecule has 3 N–H and O–H groups in total. The monoisotopic (exact) mass is 524 g/mol. The van der Waals surface area contributed by atoms with E-state index in [1.165, 1.54) is 25.5 Å². The second-order valence-electron chi connectivity index (χ2n) is 9.44. The highest BCUT2D eigenvalue weighted by Gasteiger charge is 2.26. The number of nitrogens with one attached hydrogen (secondary N) is 1. The summed E-state index contributed by atoms with van der Waals surface area (Å²) in [6.45, 7) is 3.26. The first kappa shape index (κ1) is 27.1. The molecule has 4 rings (SSSR count). The van der Waals surface area contributed by atoms with Crippen LogP contribution in [0.5, 0.6) is 0 Å². The molecule has 198 valence electrons. The minimum absolute atomic E-state index is 0.175. The number of carbonyl (C=O) groups is 1. The smallest absolute Gasteiger partial charge is 0.230 e. The van der Waals surface area contributed by atoms with Crippen molar-refractivity contribution in [1.29, 1.82) is 0 Å². The summed E-state index contributed by atoms with van der Waals surface area (Å²) in [5.41, 5.74) is 9.26. The summed E-state index contributed by atoms with van der Waals surface area (Å²) in [5, 5.41) is 2.60. The molecule has 9 heteroatoms. The van der Waals surface area contributed by atoms with Gasteiger partial charge >= 0.3 is 0 Å². The molecule has 1 amide bonds. The van der Waals surface area contributed by atoms with Crippen LogP contribution in [0, 0.1) is 29.2 Å². The number of hydrogen-bond acceptors (Lipinski definition) is 4. The summed E-state index contributed by atoms with van der Waals surface area (Å²) in [5.74, 6) is -7.31. The second-order valence-corrected chi connectivity index (χ2v) is 9.44. The zero-order valence-electron chi connectivity index (χ0n) is 20.8. The van der Waals surface area contributed by atoms with Gasteiger partial charge in [0.05, 0.1) is 24.0 Å². The molecule has 1 aliphatic rings. The van der Waals surface area contributed by atoms with Gasteiger partial charge in [-0.15, -0.1) is 5.73 Å². The number of rotatable bonds is 8. The van der Waals surface area contributed by atoms with Gasteiger partial charge < -0.3 is 11.1 Å². The Kier molecular flexibility index (Phi) is 8.59. The predicted molar refractivity (Wildman–Crippen MR) is 139 cm³/mol. The van der Waals surface area contributed by atoms with E-state index in [4.69, 9.17) is 10.7 Å². The van der Waals surface area contributed by atoms with Gasteiger partial charge in [-0.2, -0.15) is 0 Å². The van der Waals surface area contributed by atoms with Gasteiger partial charge in [0, 0.05) is 22.4 Å². The molecule has 2 aromatic carbocycles. The number of nitrogens with zero attached hydrogens (tertiary/aromatic N) is 2. The topological polar surface area (TPSA) is 80.9 Å². The van der Waals surface area contributed by atoms with Crippen molar-refractivity contribution in [3.8, 4) is 11.3 Å². The highest BCUT2D eigenvalue weighted by atomic mass is 19.2. The Bertz CT molecular complexity index is 1380. The Balaban J connectivity index is 1.62. The predicted octanol–water partition coefficient (Wildman–Crippen LogP) is 6.77. The summed E-state index contributed by atoms with van der Waals surface area (Å²) < 4.78 is 56.5. The van der Waals surface area contributed by atoms with Crippen LogP contribution < -0.4 is 11.1 Å². The molecule has 1 fully saturated rings. The van der Waals surface area contributed by atoms with Gasteiger partial charge in [0.15, 0.2) is 29.1 Å². The highest BCUT2D eigenvalue weighted by molar-refractivity contribution is 5.92. The summed E-state index contributed by atoms with van der Waals surface area (Å²) in [7, 11) is 0. The van der Waals surface area contributed by atoms with Gasteiger partial charge in [0.1, 0.15) is 0 Å². The summed E-state index contributed by atoms with van der Waals surface area (Å²) in [6, 6.07) is 7.13. The molecule has 0 bridgehead atoms. The molecule has 1 aliphatic carbocycles. The maximum Gasteiger partial charge on any atom is 0.230 e. The average molecular weight is 525 g/mol. The normalized spacial score (nSPS) is 13.7. The number of hydrogen-bond donors (Lipinski definition) is 2. The molecule has 38 heavy (non-hydrogen) atoms. The molecule has 5 nitrogen and oxygen atoms in total. The lowest BCUT2D eigenvalue weighted by atomic mass is 9.86. The summed E-state index contributed by atoms with van der Waals surface area (Å²) in [4.78, 5) is 22.0. The molecular weight excluding hydrogens is 496 g/mol. The fourth-order valence-electron chi connectivity index (χ4n) is 4.77. The van der Waals surface area contributed by atoms with Gasteiger partial charge in [0.25, 0.3) is 0 Å². The van der Waals surface area contributed by atoms with Crippen LogP contribution in [0.4, 0.5) is 29.1 Å². The number of aromatic nitrogens is 2. The van der Waals surface area contributed by atoms with E-state index in [-0.39, 0.29) is 5.82 Å². The molecule has 0 aliphatic heterocycles. The Labute approximate surface area is 218 Å². The number of nitrogen functional groups attached to an aromatic ring is 1. The van der Waals surface area contributed by atoms with Crippen molar-refractivity contribution in [3.05, 3.63) is 82.9 Å². The molecule has 1 heterocycles. The molecule has 0 atom stereocenters. The van der Waals surface area contributed by atoms with Crippen molar-refractivity contribution < 1.29 is 22.4 Å². The Morgan fingerprint density at radius 1 is 1.05 bits per heavy atom. The van der Waals surface area contributed by atoms with Crippen molar-refractivity contribution in [2.45, 2.75) is 51.4 Å². The van der Waals surface area contributed by atoms with Gasteiger partial charge in [-0.3, -0.25) is 4.79 Å². The molecule has 1 saturated carbocycles. The minimum Gasteiger partial charge on any atom is -0.399 e. The van der Waals surface area contributed by atoms with Crippen molar-refractivity contribution in [2.75, 3.05) is 11.1 Å². The lowest BCUT2D eigenvalue weighted by molar-refractivity contribution is -0.115. The van der Waals surface area contributed by atoms with E-state index in [1.54, 1.807) is 12.1 Å². The van der Waals surface area contributed by atoms with Crippen LogP contribution in [-0.4, -0.2) is 15.9 Å². The number of anilines is 2. The third-order valence-corrected chi connectivity index (χ3v) is 6.81. The van der Waals surface area contributed by atoms with Crippen LogP contribution in [0.15, 0.2) is 42.8 Å². The molecule has 0 spiro atoms. The maximum atomic E-state index is 14.5. The lowest BCUT2D eigenvalue weighted by Gasteiger charge is -2.21.